The van der Waals surface area contributed by atoms with E-state index in [0.717, 1.165) is 25.9 Å². The molecule has 0 amide bonds. The van der Waals surface area contributed by atoms with Gasteiger partial charge in [0.05, 0.1) is 0 Å². The summed E-state index contributed by atoms with van der Waals surface area (Å²) in [6.45, 7) is 1.91. The molecule has 1 aliphatic rings. The second kappa shape index (κ2) is 5.08. The second-order valence-electron chi connectivity index (χ2n) is 4.48. The van der Waals surface area contributed by atoms with E-state index in [2.05, 4.69) is 29.9 Å². The van der Waals surface area contributed by atoms with Gasteiger partial charge in [-0.3, -0.25) is 0 Å². The van der Waals surface area contributed by atoms with E-state index in [4.69, 9.17) is 11.6 Å². The van der Waals surface area contributed by atoms with Crippen LogP contribution in [-0.2, 0) is 7.05 Å². The van der Waals surface area contributed by atoms with Gasteiger partial charge in [0.1, 0.15) is 6.33 Å². The molecule has 3 heterocycles. The molecule has 0 bridgehead atoms. The van der Waals surface area contributed by atoms with Crippen LogP contribution >= 0.6 is 11.6 Å². The lowest BCUT2D eigenvalue weighted by Crippen LogP contribution is -2.31. The molecule has 1 aliphatic heterocycles. The van der Waals surface area contributed by atoms with Crippen LogP contribution in [0.3, 0.4) is 0 Å². The minimum absolute atomic E-state index is 0.188. The Morgan fingerprint density at radius 3 is 2.58 bits per heavy atom. The fourth-order valence-electron chi connectivity index (χ4n) is 2.17. The molecule has 0 N–H and O–H groups in total. The monoisotopic (exact) mass is 279 g/mol. The summed E-state index contributed by atoms with van der Waals surface area (Å²) in [6.07, 6.45) is 5.03. The molecule has 7 nitrogen and oxygen atoms in total. The molecule has 0 aromatic carbocycles. The zero-order valence-corrected chi connectivity index (χ0v) is 11.4. The molecule has 0 spiro atoms. The number of anilines is 1. The normalized spacial score (nSPS) is 15.8. The molecule has 0 atom stereocenters. The first kappa shape index (κ1) is 12.3. The summed E-state index contributed by atoms with van der Waals surface area (Å²) in [5.74, 6) is 1.67. The molecule has 0 radical (unpaired) electrons. The lowest BCUT2D eigenvalue weighted by atomic mass is 10.1. The first-order valence-corrected chi connectivity index (χ1v) is 6.63. The Kier molecular flexibility index (Phi) is 3.29. The summed E-state index contributed by atoms with van der Waals surface area (Å²) in [4.78, 5) is 19.1. The summed E-state index contributed by atoms with van der Waals surface area (Å²) >= 11 is 5.99. The molecule has 0 aliphatic carbocycles. The van der Waals surface area contributed by atoms with Crippen molar-refractivity contribution in [3.63, 3.8) is 0 Å². The van der Waals surface area contributed by atoms with E-state index in [-0.39, 0.29) is 5.28 Å². The van der Waals surface area contributed by atoms with E-state index in [9.17, 15) is 0 Å². The predicted molar refractivity (Wildman–Crippen MR) is 70.9 cm³/mol. The number of hydrogen-bond acceptors (Lipinski definition) is 6. The molecule has 8 heteroatoms. The topological polar surface area (TPSA) is 72.6 Å². The van der Waals surface area contributed by atoms with Gasteiger partial charge in [0.25, 0.3) is 0 Å². The highest BCUT2D eigenvalue weighted by atomic mass is 35.5. The van der Waals surface area contributed by atoms with Gasteiger partial charge >= 0.3 is 0 Å². The van der Waals surface area contributed by atoms with Gasteiger partial charge in [0.2, 0.25) is 17.1 Å². The molecule has 2 aromatic rings. The van der Waals surface area contributed by atoms with Crippen molar-refractivity contribution in [1.29, 1.82) is 0 Å². The Balaban J connectivity index is 1.98. The van der Waals surface area contributed by atoms with Crippen LogP contribution in [0.25, 0.3) is 11.6 Å². The van der Waals surface area contributed by atoms with E-state index in [1.165, 1.54) is 12.7 Å². The van der Waals surface area contributed by atoms with Gasteiger partial charge in [-0.15, -0.1) is 0 Å². The third kappa shape index (κ3) is 2.51. The summed E-state index contributed by atoms with van der Waals surface area (Å²) in [6, 6.07) is 0. The zero-order valence-electron chi connectivity index (χ0n) is 10.6. The molecule has 3 rings (SSSR count). The average Bonchev–Trinajstić information content (AvgIpc) is 2.85. The van der Waals surface area contributed by atoms with Crippen LogP contribution in [0, 0.1) is 0 Å². The number of hydrogen-bond donors (Lipinski definition) is 0. The third-order valence-electron chi connectivity index (χ3n) is 3.15. The maximum absolute atomic E-state index is 5.99. The van der Waals surface area contributed by atoms with Crippen molar-refractivity contribution in [2.45, 2.75) is 19.3 Å². The first-order valence-electron chi connectivity index (χ1n) is 6.25. The average molecular weight is 280 g/mol. The highest BCUT2D eigenvalue weighted by molar-refractivity contribution is 6.28. The van der Waals surface area contributed by atoms with Crippen LogP contribution < -0.4 is 4.90 Å². The standard InChI is InChI=1S/C11H14ClN7/c1-18-9(13-7-14-18)8-15-10(12)17-11(16-8)19-5-3-2-4-6-19/h7H,2-6H2,1H3. The van der Waals surface area contributed by atoms with E-state index in [1.54, 1.807) is 11.7 Å². The lowest BCUT2D eigenvalue weighted by molar-refractivity contribution is 0.567. The number of rotatable bonds is 2. The van der Waals surface area contributed by atoms with Gasteiger partial charge in [-0.1, -0.05) is 0 Å². The Morgan fingerprint density at radius 2 is 1.89 bits per heavy atom. The van der Waals surface area contributed by atoms with E-state index >= 15 is 0 Å². The fraction of sp³-hybridized carbons (Fsp3) is 0.545. The third-order valence-corrected chi connectivity index (χ3v) is 3.32. The van der Waals surface area contributed by atoms with Crippen LogP contribution in [0.15, 0.2) is 6.33 Å². The fourth-order valence-corrected chi connectivity index (χ4v) is 2.33. The quantitative estimate of drug-likeness (QED) is 0.825. The molecule has 19 heavy (non-hydrogen) atoms. The van der Waals surface area contributed by atoms with Gasteiger partial charge in [0, 0.05) is 20.1 Å². The summed E-state index contributed by atoms with van der Waals surface area (Å²) < 4.78 is 1.62. The van der Waals surface area contributed by atoms with Gasteiger partial charge in [-0.25, -0.2) is 9.67 Å². The first-order chi connectivity index (χ1) is 9.24. The Morgan fingerprint density at radius 1 is 1.11 bits per heavy atom. The number of halogens is 1. The van der Waals surface area contributed by atoms with Gasteiger partial charge in [-0.2, -0.15) is 20.1 Å². The number of piperidine rings is 1. The van der Waals surface area contributed by atoms with Crippen molar-refractivity contribution in [1.82, 2.24) is 29.7 Å². The molecule has 0 saturated carbocycles. The van der Waals surface area contributed by atoms with E-state index < -0.39 is 0 Å². The highest BCUT2D eigenvalue weighted by Crippen LogP contribution is 2.20. The molecule has 2 aromatic heterocycles. The van der Waals surface area contributed by atoms with Crippen LogP contribution in [0.5, 0.6) is 0 Å². The number of nitrogens with zero attached hydrogens (tertiary/aromatic N) is 7. The maximum Gasteiger partial charge on any atom is 0.230 e. The number of aromatic nitrogens is 6. The van der Waals surface area contributed by atoms with Crippen LogP contribution in [-0.4, -0.2) is 42.8 Å². The van der Waals surface area contributed by atoms with Gasteiger partial charge in [-0.05, 0) is 30.9 Å². The minimum Gasteiger partial charge on any atom is -0.341 e. The lowest BCUT2D eigenvalue weighted by Gasteiger charge is -2.26. The van der Waals surface area contributed by atoms with Crippen molar-refractivity contribution in [3.8, 4) is 11.6 Å². The van der Waals surface area contributed by atoms with Gasteiger partial charge < -0.3 is 4.90 Å². The van der Waals surface area contributed by atoms with Crippen molar-refractivity contribution in [2.75, 3.05) is 18.0 Å². The summed E-state index contributed by atoms with van der Waals surface area (Å²) in [5.41, 5.74) is 0. The maximum atomic E-state index is 5.99. The molecule has 1 saturated heterocycles. The molecular weight excluding hydrogens is 266 g/mol. The second-order valence-corrected chi connectivity index (χ2v) is 4.82. The summed E-state index contributed by atoms with van der Waals surface area (Å²) in [7, 11) is 1.79. The Hall–Kier alpha value is -1.76. The largest absolute Gasteiger partial charge is 0.341 e. The minimum atomic E-state index is 0.188. The summed E-state index contributed by atoms with van der Waals surface area (Å²) in [5, 5.41) is 4.20. The predicted octanol–water partition coefficient (Wildman–Crippen LogP) is 1.31. The van der Waals surface area contributed by atoms with Crippen LogP contribution in [0.4, 0.5) is 5.95 Å². The molecule has 100 valence electrons. The van der Waals surface area contributed by atoms with Crippen LogP contribution in [0.2, 0.25) is 5.28 Å². The highest BCUT2D eigenvalue weighted by Gasteiger charge is 2.17. The zero-order chi connectivity index (χ0) is 13.2. The Bertz CT molecular complexity index is 576. The SMILES string of the molecule is Cn1ncnc1-c1nc(Cl)nc(N2CCCCC2)n1. The van der Waals surface area contributed by atoms with Crippen molar-refractivity contribution in [2.24, 2.45) is 7.05 Å². The molecule has 1 fully saturated rings. The smallest absolute Gasteiger partial charge is 0.230 e. The molecular formula is C11H14ClN7. The van der Waals surface area contributed by atoms with E-state index in [1.807, 2.05) is 0 Å². The van der Waals surface area contributed by atoms with Crippen molar-refractivity contribution >= 4 is 17.5 Å². The van der Waals surface area contributed by atoms with E-state index in [0.29, 0.717) is 17.6 Å². The van der Waals surface area contributed by atoms with Crippen LogP contribution in [0.1, 0.15) is 19.3 Å². The van der Waals surface area contributed by atoms with Crippen molar-refractivity contribution < 1.29 is 0 Å². The number of aryl methyl sites for hydroxylation is 1. The van der Waals surface area contributed by atoms with Gasteiger partial charge in [0.15, 0.2) is 5.82 Å². The Labute approximate surface area is 115 Å². The van der Waals surface area contributed by atoms with Crippen molar-refractivity contribution in [3.05, 3.63) is 11.6 Å². The molecule has 0 unspecified atom stereocenters.